The summed E-state index contributed by atoms with van der Waals surface area (Å²) in [5.41, 5.74) is 18.2. The van der Waals surface area contributed by atoms with Crippen LogP contribution in [-0.2, 0) is 12.8 Å². The van der Waals surface area contributed by atoms with Crippen molar-refractivity contribution in [3.8, 4) is 0 Å². The fourth-order valence-electron chi connectivity index (χ4n) is 7.05. The molecular formula is C37H37N3. The highest BCUT2D eigenvalue weighted by atomic mass is 15.2. The zero-order valence-corrected chi connectivity index (χ0v) is 23.8. The van der Waals surface area contributed by atoms with Crippen LogP contribution in [0.25, 0.3) is 5.57 Å². The summed E-state index contributed by atoms with van der Waals surface area (Å²) in [6.45, 7) is 15.9. The van der Waals surface area contributed by atoms with E-state index in [1.54, 1.807) is 0 Å². The van der Waals surface area contributed by atoms with Gasteiger partial charge in [-0.25, -0.2) is 0 Å². The van der Waals surface area contributed by atoms with E-state index in [1.165, 1.54) is 56.3 Å². The van der Waals surface area contributed by atoms with Crippen LogP contribution in [0, 0.1) is 6.92 Å². The van der Waals surface area contributed by atoms with Crippen LogP contribution in [0.15, 0.2) is 115 Å². The highest BCUT2D eigenvalue weighted by Gasteiger charge is 2.31. The largest absolute Gasteiger partial charge is 0.348 e. The second-order valence-electron chi connectivity index (χ2n) is 11.6. The third-order valence-electron chi connectivity index (χ3n) is 9.38. The molecule has 4 aliphatic rings. The molecule has 0 atom stereocenters. The molecule has 3 aliphatic heterocycles. The highest BCUT2D eigenvalue weighted by Crippen LogP contribution is 2.49. The van der Waals surface area contributed by atoms with Crippen LogP contribution in [0.3, 0.4) is 0 Å². The summed E-state index contributed by atoms with van der Waals surface area (Å²) < 4.78 is 0. The van der Waals surface area contributed by atoms with E-state index < -0.39 is 0 Å². The van der Waals surface area contributed by atoms with E-state index in [1.807, 2.05) is 0 Å². The Bertz CT molecular complexity index is 1630. The van der Waals surface area contributed by atoms with Crippen molar-refractivity contribution < 1.29 is 0 Å². The van der Waals surface area contributed by atoms with Crippen LogP contribution in [0.4, 0.5) is 22.7 Å². The first-order valence-electron chi connectivity index (χ1n) is 14.5. The maximum absolute atomic E-state index is 4.43. The Morgan fingerprint density at radius 3 is 2.30 bits per heavy atom. The van der Waals surface area contributed by atoms with E-state index in [4.69, 9.17) is 0 Å². The Labute approximate surface area is 238 Å². The van der Waals surface area contributed by atoms with Crippen molar-refractivity contribution >= 4 is 28.3 Å². The number of allylic oxidation sites excluding steroid dienone is 6. The molecule has 40 heavy (non-hydrogen) atoms. The molecule has 1 aliphatic carbocycles. The molecule has 7 rings (SSSR count). The van der Waals surface area contributed by atoms with Crippen molar-refractivity contribution in [3.05, 3.63) is 137 Å². The quantitative estimate of drug-likeness (QED) is 0.338. The predicted octanol–water partition coefficient (Wildman–Crippen LogP) is 9.12. The maximum Gasteiger partial charge on any atom is 0.0517 e. The van der Waals surface area contributed by atoms with Crippen molar-refractivity contribution in [1.29, 1.82) is 0 Å². The van der Waals surface area contributed by atoms with Crippen LogP contribution < -0.4 is 9.80 Å². The minimum Gasteiger partial charge on any atom is -0.348 e. The zero-order chi connectivity index (χ0) is 27.5. The Hall–Kier alpha value is -4.24. The van der Waals surface area contributed by atoms with Gasteiger partial charge in [-0.05, 0) is 103 Å². The third-order valence-corrected chi connectivity index (χ3v) is 9.38. The van der Waals surface area contributed by atoms with Crippen LogP contribution in [0.2, 0.25) is 0 Å². The fraction of sp³-hybridized carbons (Fsp3) is 0.243. The smallest absolute Gasteiger partial charge is 0.0517 e. The zero-order valence-electron chi connectivity index (χ0n) is 23.8. The van der Waals surface area contributed by atoms with Gasteiger partial charge in [-0.3, -0.25) is 0 Å². The number of hydrogen-bond acceptors (Lipinski definition) is 3. The molecule has 200 valence electrons. The van der Waals surface area contributed by atoms with E-state index in [0.717, 1.165) is 67.6 Å². The highest BCUT2D eigenvalue weighted by molar-refractivity contribution is 5.86. The maximum atomic E-state index is 4.43. The fourth-order valence-corrected chi connectivity index (χ4v) is 7.05. The number of hydrogen-bond donors (Lipinski definition) is 0. The monoisotopic (exact) mass is 523 g/mol. The van der Waals surface area contributed by atoms with Gasteiger partial charge in [0.15, 0.2) is 0 Å². The Balaban J connectivity index is 1.34. The molecule has 4 bridgehead atoms. The minimum absolute atomic E-state index is 0.744. The summed E-state index contributed by atoms with van der Waals surface area (Å²) in [4.78, 5) is 7.16. The lowest BCUT2D eigenvalue weighted by molar-refractivity contribution is 0.518. The summed E-state index contributed by atoms with van der Waals surface area (Å²) in [7, 11) is 2.25. The summed E-state index contributed by atoms with van der Waals surface area (Å²) in [6.07, 6.45) is 8.68. The van der Waals surface area contributed by atoms with Gasteiger partial charge in [0.1, 0.15) is 0 Å². The van der Waals surface area contributed by atoms with Crippen molar-refractivity contribution in [2.24, 2.45) is 0 Å². The number of anilines is 4. The number of benzene rings is 3. The van der Waals surface area contributed by atoms with E-state index in [9.17, 15) is 0 Å². The molecular weight excluding hydrogens is 486 g/mol. The van der Waals surface area contributed by atoms with E-state index in [2.05, 4.69) is 115 Å². The summed E-state index contributed by atoms with van der Waals surface area (Å²) in [5.74, 6) is 0. The van der Waals surface area contributed by atoms with Crippen LogP contribution in [0.5, 0.6) is 0 Å². The first kappa shape index (κ1) is 24.8. The Kier molecular flexibility index (Phi) is 5.85. The molecule has 0 amide bonds. The van der Waals surface area contributed by atoms with E-state index >= 15 is 0 Å². The van der Waals surface area contributed by atoms with Crippen LogP contribution >= 0.6 is 0 Å². The van der Waals surface area contributed by atoms with Gasteiger partial charge in [0.2, 0.25) is 0 Å². The average molecular weight is 524 g/mol. The normalized spacial score (nSPS) is 17.9. The van der Waals surface area contributed by atoms with Gasteiger partial charge >= 0.3 is 0 Å². The predicted molar refractivity (Wildman–Crippen MR) is 169 cm³/mol. The lowest BCUT2D eigenvalue weighted by Gasteiger charge is -2.40. The average Bonchev–Trinajstić information content (AvgIpc) is 3.28. The molecule has 3 aromatic carbocycles. The molecule has 0 spiro atoms. The van der Waals surface area contributed by atoms with Crippen molar-refractivity contribution in [1.82, 2.24) is 4.90 Å². The Morgan fingerprint density at radius 2 is 1.52 bits per heavy atom. The van der Waals surface area contributed by atoms with Gasteiger partial charge in [-0.2, -0.15) is 0 Å². The molecule has 3 heteroatoms. The molecule has 3 nitrogen and oxygen atoms in total. The molecule has 0 unspecified atom stereocenters. The van der Waals surface area contributed by atoms with Crippen molar-refractivity contribution in [2.75, 3.05) is 23.4 Å². The number of nitrogens with zero attached hydrogens (tertiary/aromatic N) is 3. The lowest BCUT2D eigenvalue weighted by Crippen LogP contribution is -2.29. The van der Waals surface area contributed by atoms with Gasteiger partial charge in [0, 0.05) is 59.7 Å². The van der Waals surface area contributed by atoms with Crippen LogP contribution in [0.1, 0.15) is 47.9 Å². The molecule has 3 aromatic rings. The van der Waals surface area contributed by atoms with Gasteiger partial charge in [-0.1, -0.05) is 56.1 Å². The molecule has 0 aromatic heterocycles. The molecule has 0 saturated carbocycles. The van der Waals surface area contributed by atoms with E-state index in [0.29, 0.717) is 0 Å². The van der Waals surface area contributed by atoms with Gasteiger partial charge in [0.25, 0.3) is 0 Å². The van der Waals surface area contributed by atoms with Crippen molar-refractivity contribution in [3.63, 3.8) is 0 Å². The van der Waals surface area contributed by atoms with Crippen molar-refractivity contribution in [2.45, 2.75) is 45.4 Å². The van der Waals surface area contributed by atoms with Crippen LogP contribution in [-0.4, -0.2) is 18.5 Å². The number of rotatable bonds is 4. The summed E-state index contributed by atoms with van der Waals surface area (Å²) in [5, 5.41) is 0. The second kappa shape index (κ2) is 9.45. The second-order valence-corrected chi connectivity index (χ2v) is 11.6. The number of likely N-dealkylation sites (tertiary alicyclic amines) is 1. The lowest BCUT2D eigenvalue weighted by atomic mass is 9.81. The standard InChI is InChI=1S/C37H37N3/c1-24(23-39-25(2)15-16-26(39)3)28-17-19-31(20-18-28)40-34-11-6-9-29(27(34)4)21-30-10-7-12-35-32(30)22-33-36(38(35)5)13-8-14-37(33)40/h6,8-11,13-14,17-20H,1-3,7,12,15-16,21-23H2,4-5H3. The van der Waals surface area contributed by atoms with Gasteiger partial charge < -0.3 is 14.7 Å². The van der Waals surface area contributed by atoms with Gasteiger partial charge in [-0.15, -0.1) is 0 Å². The third kappa shape index (κ3) is 3.87. The van der Waals surface area contributed by atoms with Gasteiger partial charge in [0.05, 0.1) is 5.69 Å². The van der Waals surface area contributed by atoms with E-state index in [-0.39, 0.29) is 0 Å². The SMILES string of the molecule is C=C(CN1C(=C)CCC1=C)c1ccc(N2c3cccc(c3C)CC3=CCCC4=C3Cc3c(cccc32)N4C)cc1. The molecule has 1 fully saturated rings. The summed E-state index contributed by atoms with van der Waals surface area (Å²) >= 11 is 0. The molecule has 0 N–H and O–H groups in total. The first-order chi connectivity index (χ1) is 19.4. The Morgan fingerprint density at radius 1 is 0.825 bits per heavy atom. The summed E-state index contributed by atoms with van der Waals surface area (Å²) in [6, 6.07) is 22.6. The molecule has 0 radical (unpaired) electrons. The topological polar surface area (TPSA) is 9.72 Å². The minimum atomic E-state index is 0.744. The molecule has 3 heterocycles. The first-order valence-corrected chi connectivity index (χ1v) is 14.5. The molecule has 1 saturated heterocycles. The number of fused-ring (bicyclic) bond motifs is 2.